The van der Waals surface area contributed by atoms with E-state index in [4.69, 9.17) is 0 Å². The number of nitrogens with zero attached hydrogens (tertiary/aromatic N) is 1. The number of guanidine groups is 1. The second kappa shape index (κ2) is 11.3. The SMILES string of the molecule is CCNC(=NCc1cc(F)ccc1CS(C)(=O)=O)NCC1(O)CCCCC1.I. The van der Waals surface area contributed by atoms with E-state index in [1.165, 1.54) is 18.2 Å². The topological polar surface area (TPSA) is 90.8 Å². The van der Waals surface area contributed by atoms with Crippen LogP contribution >= 0.6 is 24.0 Å². The van der Waals surface area contributed by atoms with Gasteiger partial charge in [-0.15, -0.1) is 24.0 Å². The standard InChI is InChI=1S/C19H30FN3O3S.HI/c1-3-21-18(23-14-19(24)9-5-4-6-10-19)22-12-16-11-17(20)8-7-15(16)13-27(2,25)26;/h7-8,11,24H,3-6,9-10,12-14H2,1-2H3,(H2,21,22,23);1H. The Hall–Kier alpha value is -0.940. The molecule has 1 fully saturated rings. The van der Waals surface area contributed by atoms with Crippen LogP contribution in [0.4, 0.5) is 4.39 Å². The highest BCUT2D eigenvalue weighted by Crippen LogP contribution is 2.27. The Balaban J connectivity index is 0.00000392. The van der Waals surface area contributed by atoms with Gasteiger partial charge < -0.3 is 15.7 Å². The number of aliphatic hydroxyl groups is 1. The molecule has 0 heterocycles. The normalized spacial score (nSPS) is 16.9. The van der Waals surface area contributed by atoms with Crippen LogP contribution in [0.5, 0.6) is 0 Å². The number of rotatable bonds is 7. The molecule has 1 saturated carbocycles. The molecule has 3 N–H and O–H groups in total. The number of nitrogens with one attached hydrogen (secondary N) is 2. The molecule has 0 aliphatic heterocycles. The van der Waals surface area contributed by atoms with Crippen molar-refractivity contribution in [3.8, 4) is 0 Å². The third-order valence-corrected chi connectivity index (χ3v) is 5.54. The van der Waals surface area contributed by atoms with Crippen LogP contribution in [-0.2, 0) is 22.1 Å². The molecule has 6 nitrogen and oxygen atoms in total. The molecule has 0 radical (unpaired) electrons. The number of hydrogen-bond donors (Lipinski definition) is 3. The quantitative estimate of drug-likeness (QED) is 0.288. The Kier molecular flexibility index (Phi) is 10.1. The minimum atomic E-state index is -3.23. The van der Waals surface area contributed by atoms with Gasteiger partial charge in [0.15, 0.2) is 15.8 Å². The molecule has 0 saturated heterocycles. The van der Waals surface area contributed by atoms with E-state index in [9.17, 15) is 17.9 Å². The van der Waals surface area contributed by atoms with Gasteiger partial charge in [-0.05, 0) is 43.0 Å². The fourth-order valence-electron chi connectivity index (χ4n) is 3.31. The summed E-state index contributed by atoms with van der Waals surface area (Å²) < 4.78 is 36.9. The zero-order valence-corrected chi connectivity index (χ0v) is 19.6. The maximum atomic E-state index is 13.6. The lowest BCUT2D eigenvalue weighted by Gasteiger charge is -2.32. The molecular weight excluding hydrogens is 496 g/mol. The maximum Gasteiger partial charge on any atom is 0.191 e. The van der Waals surface area contributed by atoms with Crippen molar-refractivity contribution >= 4 is 39.8 Å². The van der Waals surface area contributed by atoms with Crippen molar-refractivity contribution in [2.24, 2.45) is 4.99 Å². The first-order valence-corrected chi connectivity index (χ1v) is 11.5. The van der Waals surface area contributed by atoms with Crippen LogP contribution in [0, 0.1) is 5.82 Å². The Morgan fingerprint density at radius 3 is 2.50 bits per heavy atom. The van der Waals surface area contributed by atoms with E-state index in [-0.39, 0.29) is 36.3 Å². The van der Waals surface area contributed by atoms with E-state index in [0.717, 1.165) is 38.4 Å². The van der Waals surface area contributed by atoms with Crippen LogP contribution in [0.3, 0.4) is 0 Å². The highest BCUT2D eigenvalue weighted by atomic mass is 127. The molecule has 0 amide bonds. The van der Waals surface area contributed by atoms with Gasteiger partial charge in [0.1, 0.15) is 5.82 Å². The van der Waals surface area contributed by atoms with E-state index < -0.39 is 21.3 Å². The van der Waals surface area contributed by atoms with Crippen LogP contribution in [-0.4, -0.2) is 44.4 Å². The van der Waals surface area contributed by atoms with Gasteiger partial charge in [0.05, 0.1) is 17.9 Å². The van der Waals surface area contributed by atoms with Gasteiger partial charge in [0.25, 0.3) is 0 Å². The summed E-state index contributed by atoms with van der Waals surface area (Å²) in [6.45, 7) is 3.13. The van der Waals surface area contributed by atoms with Gasteiger partial charge in [-0.25, -0.2) is 17.8 Å². The molecule has 0 bridgehead atoms. The zero-order chi connectivity index (χ0) is 19.9. The van der Waals surface area contributed by atoms with E-state index in [1.807, 2.05) is 6.92 Å². The first-order valence-electron chi connectivity index (χ1n) is 9.40. The highest BCUT2D eigenvalue weighted by molar-refractivity contribution is 14.0. The van der Waals surface area contributed by atoms with E-state index >= 15 is 0 Å². The monoisotopic (exact) mass is 527 g/mol. The lowest BCUT2D eigenvalue weighted by molar-refractivity contribution is 0.00859. The Morgan fingerprint density at radius 1 is 1.21 bits per heavy atom. The van der Waals surface area contributed by atoms with Crippen LogP contribution in [0.25, 0.3) is 0 Å². The van der Waals surface area contributed by atoms with Gasteiger partial charge in [0.2, 0.25) is 0 Å². The molecule has 1 aromatic rings. The van der Waals surface area contributed by atoms with Crippen molar-refractivity contribution in [3.05, 3.63) is 35.1 Å². The maximum absolute atomic E-state index is 13.6. The molecule has 2 rings (SSSR count). The average Bonchev–Trinajstić information content (AvgIpc) is 2.59. The predicted molar refractivity (Wildman–Crippen MR) is 121 cm³/mol. The van der Waals surface area contributed by atoms with Crippen molar-refractivity contribution in [2.45, 2.75) is 56.9 Å². The van der Waals surface area contributed by atoms with Crippen molar-refractivity contribution in [2.75, 3.05) is 19.3 Å². The summed E-state index contributed by atoms with van der Waals surface area (Å²) in [5.74, 6) is -0.0556. The number of hydrogen-bond acceptors (Lipinski definition) is 4. The largest absolute Gasteiger partial charge is 0.388 e. The molecular formula is C19H31FIN3O3S. The van der Waals surface area contributed by atoms with Gasteiger partial charge in [-0.1, -0.05) is 25.3 Å². The fourth-order valence-corrected chi connectivity index (χ4v) is 4.15. The molecule has 0 spiro atoms. The molecule has 160 valence electrons. The van der Waals surface area contributed by atoms with Crippen LogP contribution in [0.1, 0.15) is 50.2 Å². The van der Waals surface area contributed by atoms with E-state index in [2.05, 4.69) is 15.6 Å². The first kappa shape index (κ1) is 25.1. The molecule has 9 heteroatoms. The lowest BCUT2D eigenvalue weighted by atomic mass is 9.85. The van der Waals surface area contributed by atoms with Crippen molar-refractivity contribution in [1.29, 1.82) is 0 Å². The first-order chi connectivity index (χ1) is 12.7. The molecule has 1 aromatic carbocycles. The van der Waals surface area contributed by atoms with Gasteiger partial charge >= 0.3 is 0 Å². The van der Waals surface area contributed by atoms with Gasteiger partial charge in [0, 0.05) is 19.3 Å². The van der Waals surface area contributed by atoms with Crippen LogP contribution < -0.4 is 10.6 Å². The Labute approximate surface area is 184 Å². The van der Waals surface area contributed by atoms with Gasteiger partial charge in [-0.3, -0.25) is 0 Å². The summed E-state index contributed by atoms with van der Waals surface area (Å²) >= 11 is 0. The Bertz CT molecular complexity index is 766. The summed E-state index contributed by atoms with van der Waals surface area (Å²) in [7, 11) is -3.23. The minimum Gasteiger partial charge on any atom is -0.388 e. The summed E-state index contributed by atoms with van der Waals surface area (Å²) in [4.78, 5) is 4.45. The molecule has 1 aliphatic rings. The zero-order valence-electron chi connectivity index (χ0n) is 16.5. The molecule has 0 atom stereocenters. The third-order valence-electron chi connectivity index (χ3n) is 4.71. The van der Waals surface area contributed by atoms with Crippen molar-refractivity contribution in [1.82, 2.24) is 10.6 Å². The van der Waals surface area contributed by atoms with Crippen LogP contribution in [0.15, 0.2) is 23.2 Å². The lowest BCUT2D eigenvalue weighted by Crippen LogP contribution is -2.48. The molecule has 28 heavy (non-hydrogen) atoms. The summed E-state index contributed by atoms with van der Waals surface area (Å²) in [6.07, 6.45) is 5.87. The molecule has 0 aromatic heterocycles. The number of halogens is 2. The van der Waals surface area contributed by atoms with E-state index in [0.29, 0.717) is 30.2 Å². The van der Waals surface area contributed by atoms with Crippen LogP contribution in [0.2, 0.25) is 0 Å². The van der Waals surface area contributed by atoms with Gasteiger partial charge in [-0.2, -0.15) is 0 Å². The van der Waals surface area contributed by atoms with Crippen molar-refractivity contribution < 1.29 is 17.9 Å². The molecule has 1 aliphatic carbocycles. The Morgan fingerprint density at radius 2 is 1.89 bits per heavy atom. The fraction of sp³-hybridized carbons (Fsp3) is 0.632. The number of sulfone groups is 1. The summed E-state index contributed by atoms with van der Waals surface area (Å²) in [6, 6.07) is 4.07. The summed E-state index contributed by atoms with van der Waals surface area (Å²) in [5.41, 5.74) is 0.354. The highest BCUT2D eigenvalue weighted by Gasteiger charge is 2.29. The molecule has 0 unspecified atom stereocenters. The predicted octanol–water partition coefficient (Wildman–Crippen LogP) is 2.74. The second-order valence-corrected chi connectivity index (χ2v) is 9.46. The average molecular weight is 527 g/mol. The minimum absolute atomic E-state index is 0. The third kappa shape index (κ3) is 8.60. The smallest absolute Gasteiger partial charge is 0.191 e. The van der Waals surface area contributed by atoms with E-state index in [1.54, 1.807) is 0 Å². The number of aliphatic imine (C=N–C) groups is 1. The van der Waals surface area contributed by atoms with Crippen molar-refractivity contribution in [3.63, 3.8) is 0 Å². The summed E-state index contributed by atoms with van der Waals surface area (Å²) in [5, 5.41) is 16.9. The second-order valence-electron chi connectivity index (χ2n) is 7.32. The number of benzene rings is 1.